The van der Waals surface area contributed by atoms with E-state index in [1.807, 2.05) is 0 Å². The number of hydrogen-bond donors (Lipinski definition) is 3. The van der Waals surface area contributed by atoms with E-state index in [0.717, 1.165) is 102 Å². The first kappa shape index (κ1) is 95.1. The molecule has 17 nitrogen and oxygen atoms in total. The number of rotatable bonds is 77. The lowest BCUT2D eigenvalue weighted by molar-refractivity contribution is -0.161. The number of esters is 4. The number of carbonyl (C=O) groups is 4. The van der Waals surface area contributed by atoms with Gasteiger partial charge in [0.15, 0.2) is 12.2 Å². The summed E-state index contributed by atoms with van der Waals surface area (Å²) in [7, 11) is -9.91. The smallest absolute Gasteiger partial charge is 0.462 e. The summed E-state index contributed by atoms with van der Waals surface area (Å²) in [4.78, 5) is 72.8. The summed E-state index contributed by atoms with van der Waals surface area (Å²) in [6.45, 7) is 9.60. The van der Waals surface area contributed by atoms with Gasteiger partial charge in [0.05, 0.1) is 26.4 Å². The van der Waals surface area contributed by atoms with E-state index < -0.39 is 97.5 Å². The fourth-order valence-electron chi connectivity index (χ4n) is 11.9. The van der Waals surface area contributed by atoms with E-state index in [1.54, 1.807) is 0 Å². The molecular weight excluding hydrogens is 1270 g/mol. The van der Waals surface area contributed by atoms with Crippen LogP contribution >= 0.6 is 15.6 Å². The van der Waals surface area contributed by atoms with E-state index in [2.05, 4.69) is 41.5 Å². The Morgan fingerprint density at radius 2 is 0.495 bits per heavy atom. The zero-order valence-corrected chi connectivity index (χ0v) is 65.2. The third-order valence-electron chi connectivity index (χ3n) is 18.9. The zero-order valence-electron chi connectivity index (χ0n) is 63.4. The molecule has 0 spiro atoms. The van der Waals surface area contributed by atoms with Gasteiger partial charge in [-0.15, -0.1) is 0 Å². The largest absolute Gasteiger partial charge is 0.472 e. The standard InChI is InChI=1S/C78H152O17P2/c1-7-11-13-15-17-19-21-22-23-24-25-26-27-28-29-30-31-33-35-44-50-56-62-77(82)94-73(67-89-76(81)61-55-49-43-38-36-40-46-52-58-70(5)9-3)68-92-96(84,85)90-64-72(79)65-91-97(86,87)93-69-74(66-88-75(80)60-54-48-42-34-32-20-18-16-14-12-8-2)95-78(83)63-57-51-45-39-37-41-47-53-59-71(6)10-4/h70-74,79H,7-69H2,1-6H3,(H,84,85)(H,86,87)/t70?,71?,72-,73-,74-/m1/s1. The molecule has 0 aliphatic carbocycles. The van der Waals surface area contributed by atoms with Crippen LogP contribution in [0.3, 0.4) is 0 Å². The molecule has 0 heterocycles. The Morgan fingerprint density at radius 1 is 0.289 bits per heavy atom. The van der Waals surface area contributed by atoms with Crippen molar-refractivity contribution in [3.8, 4) is 0 Å². The SMILES string of the molecule is CCCCCCCCCCCCCCCCCCCCCCCCC(=O)O[C@H](COC(=O)CCCCCCCCCCC(C)CC)COP(=O)(O)OC[C@@H](O)COP(=O)(O)OC[C@@H](COC(=O)CCCCCCCCCCCCC)OC(=O)CCCCCCCCCCC(C)CC. The van der Waals surface area contributed by atoms with E-state index in [4.69, 9.17) is 37.0 Å². The van der Waals surface area contributed by atoms with Crippen LogP contribution in [0.25, 0.3) is 0 Å². The Labute approximate surface area is 594 Å². The van der Waals surface area contributed by atoms with E-state index in [9.17, 15) is 43.2 Å². The van der Waals surface area contributed by atoms with Gasteiger partial charge in [0.25, 0.3) is 0 Å². The molecule has 0 saturated heterocycles. The van der Waals surface area contributed by atoms with Gasteiger partial charge in [0.2, 0.25) is 0 Å². The van der Waals surface area contributed by atoms with Crippen LogP contribution in [0.1, 0.15) is 408 Å². The number of aliphatic hydroxyl groups excluding tert-OH is 1. The first-order chi connectivity index (χ1) is 46.9. The number of carbonyl (C=O) groups excluding carboxylic acids is 4. The molecule has 0 aliphatic heterocycles. The van der Waals surface area contributed by atoms with Crippen LogP contribution in [0, 0.1) is 11.8 Å². The number of phosphoric ester groups is 2. The summed E-state index contributed by atoms with van der Waals surface area (Å²) in [5.41, 5.74) is 0. The molecule has 0 saturated carbocycles. The Hall–Kier alpha value is -1.94. The molecule has 0 bridgehead atoms. The second-order valence-corrected chi connectivity index (χ2v) is 31.5. The minimum atomic E-state index is -4.96. The van der Waals surface area contributed by atoms with Crippen LogP contribution in [0.2, 0.25) is 0 Å². The highest BCUT2D eigenvalue weighted by atomic mass is 31.2. The van der Waals surface area contributed by atoms with E-state index >= 15 is 0 Å². The van der Waals surface area contributed by atoms with Crippen molar-refractivity contribution in [3.05, 3.63) is 0 Å². The molecular formula is C78H152O17P2. The Morgan fingerprint density at radius 3 is 0.732 bits per heavy atom. The second-order valence-electron chi connectivity index (χ2n) is 28.6. The Kier molecular flexibility index (Phi) is 68.4. The lowest BCUT2D eigenvalue weighted by Crippen LogP contribution is -2.30. The first-order valence-electron chi connectivity index (χ1n) is 40.6. The molecule has 0 rings (SSSR count). The van der Waals surface area contributed by atoms with Gasteiger partial charge in [-0.05, 0) is 37.5 Å². The van der Waals surface area contributed by atoms with E-state index in [1.165, 1.54) is 225 Å². The molecule has 0 amide bonds. The molecule has 0 radical (unpaired) electrons. The maximum Gasteiger partial charge on any atom is 0.472 e. The van der Waals surface area contributed by atoms with Crippen LogP contribution in [-0.4, -0.2) is 96.7 Å². The van der Waals surface area contributed by atoms with E-state index in [0.29, 0.717) is 25.7 Å². The molecule has 576 valence electrons. The molecule has 0 aromatic heterocycles. The summed E-state index contributed by atoms with van der Waals surface area (Å²) in [5, 5.41) is 10.6. The van der Waals surface area contributed by atoms with Crippen molar-refractivity contribution < 1.29 is 80.2 Å². The van der Waals surface area contributed by atoms with Crippen molar-refractivity contribution in [1.82, 2.24) is 0 Å². The lowest BCUT2D eigenvalue weighted by Gasteiger charge is -2.21. The summed E-state index contributed by atoms with van der Waals surface area (Å²) < 4.78 is 68.6. The van der Waals surface area contributed by atoms with Crippen molar-refractivity contribution in [2.75, 3.05) is 39.6 Å². The molecule has 4 unspecified atom stereocenters. The third kappa shape index (κ3) is 69.5. The van der Waals surface area contributed by atoms with E-state index in [-0.39, 0.29) is 25.7 Å². The van der Waals surface area contributed by atoms with Crippen molar-refractivity contribution in [3.63, 3.8) is 0 Å². The highest BCUT2D eigenvalue weighted by Gasteiger charge is 2.30. The topological polar surface area (TPSA) is 237 Å². The molecule has 0 fully saturated rings. The minimum absolute atomic E-state index is 0.105. The quantitative estimate of drug-likeness (QED) is 0.0222. The predicted octanol–water partition coefficient (Wildman–Crippen LogP) is 23.1. The molecule has 0 aromatic carbocycles. The summed E-state index contributed by atoms with van der Waals surface area (Å²) in [6.07, 6.45) is 58.3. The van der Waals surface area contributed by atoms with Crippen LogP contribution < -0.4 is 0 Å². The summed E-state index contributed by atoms with van der Waals surface area (Å²) >= 11 is 0. The van der Waals surface area contributed by atoms with Gasteiger partial charge in [0, 0.05) is 25.7 Å². The number of aliphatic hydroxyl groups is 1. The molecule has 19 heteroatoms. The average molecular weight is 1420 g/mol. The van der Waals surface area contributed by atoms with Crippen LogP contribution in [0.15, 0.2) is 0 Å². The van der Waals surface area contributed by atoms with Crippen LogP contribution in [0.4, 0.5) is 0 Å². The number of phosphoric acid groups is 2. The van der Waals surface area contributed by atoms with Crippen LogP contribution in [-0.2, 0) is 65.4 Å². The van der Waals surface area contributed by atoms with Gasteiger partial charge >= 0.3 is 39.5 Å². The first-order valence-corrected chi connectivity index (χ1v) is 43.6. The van der Waals surface area contributed by atoms with Gasteiger partial charge in [-0.3, -0.25) is 37.3 Å². The number of hydrogen-bond acceptors (Lipinski definition) is 15. The monoisotopic (exact) mass is 1420 g/mol. The minimum Gasteiger partial charge on any atom is -0.462 e. The molecule has 7 atom stereocenters. The molecule has 3 N–H and O–H groups in total. The zero-order chi connectivity index (χ0) is 71.4. The average Bonchev–Trinajstić information content (AvgIpc) is 2.74. The molecule has 97 heavy (non-hydrogen) atoms. The van der Waals surface area contributed by atoms with Gasteiger partial charge in [0.1, 0.15) is 19.3 Å². The molecule has 0 aliphatic rings. The third-order valence-corrected chi connectivity index (χ3v) is 20.8. The van der Waals surface area contributed by atoms with Gasteiger partial charge in [-0.25, -0.2) is 9.13 Å². The fourth-order valence-corrected chi connectivity index (χ4v) is 13.5. The normalized spacial score (nSPS) is 14.5. The van der Waals surface area contributed by atoms with Gasteiger partial charge in [-0.1, -0.05) is 356 Å². The number of ether oxygens (including phenoxy) is 4. The maximum absolute atomic E-state index is 13.1. The van der Waals surface area contributed by atoms with Crippen molar-refractivity contribution in [1.29, 1.82) is 0 Å². The highest BCUT2D eigenvalue weighted by molar-refractivity contribution is 7.47. The van der Waals surface area contributed by atoms with Crippen molar-refractivity contribution >= 4 is 39.5 Å². The maximum atomic E-state index is 13.1. The van der Waals surface area contributed by atoms with Crippen LogP contribution in [0.5, 0.6) is 0 Å². The van der Waals surface area contributed by atoms with Crippen molar-refractivity contribution in [2.45, 2.75) is 426 Å². The van der Waals surface area contributed by atoms with Gasteiger partial charge in [-0.2, -0.15) is 0 Å². The fraction of sp³-hybridized carbons (Fsp3) is 0.949. The van der Waals surface area contributed by atoms with Gasteiger partial charge < -0.3 is 33.8 Å². The second kappa shape index (κ2) is 69.8. The van der Waals surface area contributed by atoms with Crippen molar-refractivity contribution in [2.24, 2.45) is 11.8 Å². The lowest BCUT2D eigenvalue weighted by atomic mass is 9.99. The summed E-state index contributed by atoms with van der Waals surface area (Å²) in [6, 6.07) is 0. The Balaban J connectivity index is 5.19. The summed E-state index contributed by atoms with van der Waals surface area (Å²) in [5.74, 6) is -0.569. The highest BCUT2D eigenvalue weighted by Crippen LogP contribution is 2.45. The predicted molar refractivity (Wildman–Crippen MR) is 395 cm³/mol. The number of unbranched alkanes of at least 4 members (excludes halogenated alkanes) is 45. The Bertz CT molecular complexity index is 1880. The molecule has 0 aromatic rings.